The molecule has 30 heavy (non-hydrogen) atoms. The number of carbonyl (C=O) groups is 1. The lowest BCUT2D eigenvalue weighted by molar-refractivity contribution is 0.0697. The third kappa shape index (κ3) is 5.84. The third-order valence-electron chi connectivity index (χ3n) is 4.65. The zero-order chi connectivity index (χ0) is 21.5. The summed E-state index contributed by atoms with van der Waals surface area (Å²) >= 11 is 3.59. The summed E-state index contributed by atoms with van der Waals surface area (Å²) in [6.45, 7) is 3.78. The van der Waals surface area contributed by atoms with E-state index in [-0.39, 0.29) is 5.56 Å². The molecule has 3 rings (SSSR count). The highest BCUT2D eigenvalue weighted by atomic mass is 79.9. The maximum absolute atomic E-state index is 10.9. The van der Waals surface area contributed by atoms with Crippen LogP contribution in [-0.4, -0.2) is 18.2 Å². The molecule has 5 nitrogen and oxygen atoms in total. The van der Waals surface area contributed by atoms with Gasteiger partial charge in [0.25, 0.3) is 0 Å². The van der Waals surface area contributed by atoms with Crippen molar-refractivity contribution in [3.8, 4) is 11.5 Å². The van der Waals surface area contributed by atoms with Crippen molar-refractivity contribution in [2.24, 2.45) is 0 Å². The number of carboxylic acids is 1. The first-order valence-electron chi connectivity index (χ1n) is 9.54. The average molecular weight is 470 g/mol. The van der Waals surface area contributed by atoms with Crippen LogP contribution in [0.3, 0.4) is 0 Å². The number of hydrogen-bond acceptors (Lipinski definition) is 4. The molecule has 2 N–H and O–H groups in total. The van der Waals surface area contributed by atoms with E-state index in [9.17, 15) is 4.79 Å². The molecule has 0 saturated carbocycles. The molecular weight excluding hydrogens is 446 g/mol. The van der Waals surface area contributed by atoms with Gasteiger partial charge < -0.3 is 19.9 Å². The minimum Gasteiger partial charge on any atom is -0.493 e. The molecule has 0 amide bonds. The molecule has 6 heteroatoms. The summed E-state index contributed by atoms with van der Waals surface area (Å²) in [5, 5.41) is 12.3. The molecule has 0 spiro atoms. The van der Waals surface area contributed by atoms with Crippen molar-refractivity contribution in [3.05, 3.63) is 93.0 Å². The van der Waals surface area contributed by atoms with Gasteiger partial charge in [-0.25, -0.2) is 4.79 Å². The van der Waals surface area contributed by atoms with Crippen LogP contribution in [0.5, 0.6) is 11.5 Å². The van der Waals surface area contributed by atoms with Gasteiger partial charge in [-0.1, -0.05) is 42.0 Å². The second-order valence-electron chi connectivity index (χ2n) is 6.99. The van der Waals surface area contributed by atoms with E-state index < -0.39 is 5.97 Å². The fraction of sp³-hybridized carbons (Fsp3) is 0.208. The number of benzene rings is 3. The maximum Gasteiger partial charge on any atom is 0.335 e. The molecule has 0 heterocycles. The van der Waals surface area contributed by atoms with Crippen molar-refractivity contribution in [2.45, 2.75) is 26.6 Å². The molecule has 0 saturated heterocycles. The van der Waals surface area contributed by atoms with E-state index in [1.807, 2.05) is 24.3 Å². The lowest BCUT2D eigenvalue weighted by Crippen LogP contribution is -2.13. The van der Waals surface area contributed by atoms with Gasteiger partial charge in [0.15, 0.2) is 11.5 Å². The molecule has 0 aromatic heterocycles. The number of methoxy groups -OCH3 is 1. The number of aryl methyl sites for hydroxylation is 1. The van der Waals surface area contributed by atoms with Gasteiger partial charge in [0.05, 0.1) is 17.1 Å². The van der Waals surface area contributed by atoms with Gasteiger partial charge in [0.2, 0.25) is 0 Å². The Labute approximate surface area is 184 Å². The molecular formula is C24H24BrNO4. The van der Waals surface area contributed by atoms with Gasteiger partial charge in [0, 0.05) is 13.1 Å². The second kappa shape index (κ2) is 10.3. The average Bonchev–Trinajstić information content (AvgIpc) is 2.74. The molecule has 3 aromatic rings. The molecule has 0 aliphatic carbocycles. The minimum absolute atomic E-state index is 0.286. The van der Waals surface area contributed by atoms with Crippen LogP contribution in [0.2, 0.25) is 0 Å². The summed E-state index contributed by atoms with van der Waals surface area (Å²) in [5.74, 6) is 0.418. The number of halogens is 1. The van der Waals surface area contributed by atoms with Gasteiger partial charge in [-0.2, -0.15) is 0 Å². The van der Waals surface area contributed by atoms with E-state index >= 15 is 0 Å². The highest BCUT2D eigenvalue weighted by Crippen LogP contribution is 2.37. The monoisotopic (exact) mass is 469 g/mol. The summed E-state index contributed by atoms with van der Waals surface area (Å²) in [7, 11) is 1.63. The van der Waals surface area contributed by atoms with Crippen LogP contribution >= 0.6 is 15.9 Å². The molecule has 0 fully saturated rings. The number of rotatable bonds is 9. The summed E-state index contributed by atoms with van der Waals surface area (Å²) in [6.07, 6.45) is 0. The maximum atomic E-state index is 10.9. The van der Waals surface area contributed by atoms with Crippen LogP contribution in [0.1, 0.15) is 32.6 Å². The Morgan fingerprint density at radius 1 is 0.967 bits per heavy atom. The van der Waals surface area contributed by atoms with E-state index in [0.29, 0.717) is 31.2 Å². The van der Waals surface area contributed by atoms with E-state index in [2.05, 4.69) is 52.4 Å². The Balaban J connectivity index is 1.61. The topological polar surface area (TPSA) is 67.8 Å². The summed E-state index contributed by atoms with van der Waals surface area (Å²) in [6, 6.07) is 19.0. The lowest BCUT2D eigenvalue weighted by Gasteiger charge is -2.15. The lowest BCUT2D eigenvalue weighted by atomic mass is 10.1. The summed E-state index contributed by atoms with van der Waals surface area (Å²) in [4.78, 5) is 10.9. The molecule has 0 unspecified atom stereocenters. The van der Waals surface area contributed by atoms with Gasteiger partial charge in [0.1, 0.15) is 6.61 Å². The molecule has 0 atom stereocenters. The van der Waals surface area contributed by atoms with Crippen LogP contribution in [0.4, 0.5) is 0 Å². The number of carboxylic acid groups (broad SMARTS) is 1. The first kappa shape index (κ1) is 21.9. The van der Waals surface area contributed by atoms with Gasteiger partial charge >= 0.3 is 5.97 Å². The van der Waals surface area contributed by atoms with Crippen molar-refractivity contribution in [1.82, 2.24) is 5.32 Å². The number of aromatic carboxylic acids is 1. The van der Waals surface area contributed by atoms with Crippen molar-refractivity contribution in [1.29, 1.82) is 0 Å². The van der Waals surface area contributed by atoms with Gasteiger partial charge in [-0.05, 0) is 63.8 Å². The normalized spacial score (nSPS) is 10.6. The fourth-order valence-electron chi connectivity index (χ4n) is 2.97. The Kier molecular flexibility index (Phi) is 7.49. The number of hydrogen-bond donors (Lipinski definition) is 2. The quantitative estimate of drug-likeness (QED) is 0.443. The van der Waals surface area contributed by atoms with Gasteiger partial charge in [-0.3, -0.25) is 0 Å². The Bertz CT molecular complexity index is 1000. The fourth-order valence-corrected chi connectivity index (χ4v) is 3.58. The van der Waals surface area contributed by atoms with Crippen molar-refractivity contribution in [3.63, 3.8) is 0 Å². The highest BCUT2D eigenvalue weighted by Gasteiger charge is 2.12. The smallest absolute Gasteiger partial charge is 0.335 e. The molecule has 0 aliphatic heterocycles. The molecule has 0 aliphatic rings. The second-order valence-corrected chi connectivity index (χ2v) is 7.84. The minimum atomic E-state index is -0.920. The van der Waals surface area contributed by atoms with E-state index in [4.69, 9.17) is 14.6 Å². The SMILES string of the molecule is COc1cc(CNCc2ccc(C(=O)O)cc2)cc(Br)c1OCc1ccc(C)cc1. The molecule has 156 valence electrons. The Morgan fingerprint density at radius 3 is 2.23 bits per heavy atom. The first-order chi connectivity index (χ1) is 14.5. The third-order valence-corrected chi connectivity index (χ3v) is 5.24. The van der Waals surface area contributed by atoms with Crippen molar-refractivity contribution < 1.29 is 19.4 Å². The zero-order valence-electron chi connectivity index (χ0n) is 16.9. The van der Waals surface area contributed by atoms with E-state index in [0.717, 1.165) is 21.2 Å². The van der Waals surface area contributed by atoms with Crippen LogP contribution in [0.25, 0.3) is 0 Å². The van der Waals surface area contributed by atoms with Crippen LogP contribution in [0, 0.1) is 6.92 Å². The van der Waals surface area contributed by atoms with Crippen LogP contribution in [0.15, 0.2) is 65.1 Å². The Hall–Kier alpha value is -2.83. The standard InChI is InChI=1S/C24H24BrNO4/c1-16-3-5-18(6-4-16)15-30-23-21(25)11-19(12-22(23)29-2)14-26-13-17-7-9-20(10-8-17)24(27)28/h3-12,26H,13-15H2,1-2H3,(H,27,28). The largest absolute Gasteiger partial charge is 0.493 e. The first-order valence-corrected chi connectivity index (χ1v) is 10.3. The Morgan fingerprint density at radius 2 is 1.60 bits per heavy atom. The molecule has 3 aromatic carbocycles. The van der Waals surface area contributed by atoms with Crippen LogP contribution in [-0.2, 0) is 19.7 Å². The van der Waals surface area contributed by atoms with Crippen molar-refractivity contribution in [2.75, 3.05) is 7.11 Å². The zero-order valence-corrected chi connectivity index (χ0v) is 18.5. The van der Waals surface area contributed by atoms with Crippen LogP contribution < -0.4 is 14.8 Å². The van der Waals surface area contributed by atoms with Gasteiger partial charge in [-0.15, -0.1) is 0 Å². The van der Waals surface area contributed by atoms with E-state index in [1.54, 1.807) is 19.2 Å². The molecule has 0 bridgehead atoms. The predicted molar refractivity (Wildman–Crippen MR) is 120 cm³/mol. The van der Waals surface area contributed by atoms with Crippen molar-refractivity contribution >= 4 is 21.9 Å². The number of nitrogens with one attached hydrogen (secondary N) is 1. The summed E-state index contributed by atoms with van der Waals surface area (Å²) in [5.41, 5.74) is 4.66. The predicted octanol–water partition coefficient (Wildman–Crippen LogP) is 5.33. The van der Waals surface area contributed by atoms with E-state index in [1.165, 1.54) is 5.56 Å². The molecule has 0 radical (unpaired) electrons. The highest BCUT2D eigenvalue weighted by molar-refractivity contribution is 9.10. The summed E-state index contributed by atoms with van der Waals surface area (Å²) < 4.78 is 12.4. The number of ether oxygens (including phenoxy) is 2.